The minimum absolute atomic E-state index is 0.0261. The van der Waals surface area contributed by atoms with Crippen LogP contribution in [-0.2, 0) is 13.5 Å². The molecule has 17 heavy (non-hydrogen) atoms. The largest absolute Gasteiger partial charge is 0.294 e. The van der Waals surface area contributed by atoms with E-state index in [1.165, 1.54) is 16.9 Å². The van der Waals surface area contributed by atoms with E-state index in [1.807, 2.05) is 0 Å². The first-order valence-electron chi connectivity index (χ1n) is 4.77. The van der Waals surface area contributed by atoms with E-state index in [0.29, 0.717) is 0 Å². The highest BCUT2D eigenvalue weighted by atomic mass is 35.5. The van der Waals surface area contributed by atoms with Crippen molar-refractivity contribution in [1.82, 2.24) is 20.2 Å². The van der Waals surface area contributed by atoms with Gasteiger partial charge >= 0.3 is 0 Å². The zero-order valence-corrected chi connectivity index (χ0v) is 9.65. The quantitative estimate of drug-likeness (QED) is 0.778. The molecule has 0 aliphatic carbocycles. The molecule has 5 nitrogen and oxygen atoms in total. The molecule has 0 saturated heterocycles. The molecule has 0 aliphatic heterocycles. The molecule has 2 rings (SSSR count). The van der Waals surface area contributed by atoms with Crippen LogP contribution in [0.3, 0.4) is 0 Å². The van der Waals surface area contributed by atoms with Gasteiger partial charge < -0.3 is 0 Å². The first-order valence-corrected chi connectivity index (χ1v) is 5.15. The summed E-state index contributed by atoms with van der Waals surface area (Å²) in [5.41, 5.74) is -0.0261. The van der Waals surface area contributed by atoms with E-state index in [-0.39, 0.29) is 22.8 Å². The second-order valence-electron chi connectivity index (χ2n) is 3.42. The third kappa shape index (κ3) is 2.65. The first kappa shape index (κ1) is 11.7. The zero-order valence-electron chi connectivity index (χ0n) is 8.89. The molecule has 0 spiro atoms. The lowest BCUT2D eigenvalue weighted by atomic mass is 10.1. The summed E-state index contributed by atoms with van der Waals surface area (Å²) in [6.45, 7) is 0. The molecule has 0 unspecified atom stereocenters. The Morgan fingerprint density at radius 3 is 2.88 bits per heavy atom. The van der Waals surface area contributed by atoms with Crippen LogP contribution in [0.1, 0.15) is 16.2 Å². The fraction of sp³-hybridized carbons (Fsp3) is 0.200. The maximum absolute atomic E-state index is 13.4. The molecular weight excluding hydrogens is 247 g/mol. The van der Waals surface area contributed by atoms with Crippen LogP contribution in [0, 0.1) is 5.82 Å². The number of tetrazole rings is 1. The highest BCUT2D eigenvalue weighted by Crippen LogP contribution is 2.15. The number of rotatable bonds is 3. The fourth-order valence-corrected chi connectivity index (χ4v) is 1.51. The molecule has 7 heteroatoms. The van der Waals surface area contributed by atoms with Crippen molar-refractivity contribution >= 4 is 17.4 Å². The van der Waals surface area contributed by atoms with Gasteiger partial charge in [0.15, 0.2) is 11.6 Å². The van der Waals surface area contributed by atoms with Crippen LogP contribution in [0.15, 0.2) is 18.2 Å². The molecule has 0 fully saturated rings. The molecule has 0 N–H and O–H groups in total. The predicted molar refractivity (Wildman–Crippen MR) is 58.2 cm³/mol. The number of hydrogen-bond acceptors (Lipinski definition) is 4. The van der Waals surface area contributed by atoms with Gasteiger partial charge in [-0.2, -0.15) is 4.80 Å². The number of aromatic nitrogens is 4. The molecule has 0 bridgehead atoms. The van der Waals surface area contributed by atoms with Gasteiger partial charge in [-0.15, -0.1) is 10.2 Å². The number of carbonyl (C=O) groups excluding carboxylic acids is 1. The standard InChI is InChI=1S/C10H8ClFN4O/c1-16-14-10(13-15-16)5-9(17)7-3-2-6(11)4-8(7)12/h2-4H,5H2,1H3. The van der Waals surface area contributed by atoms with Crippen LogP contribution in [0.25, 0.3) is 0 Å². The monoisotopic (exact) mass is 254 g/mol. The minimum Gasteiger partial charge on any atom is -0.294 e. The van der Waals surface area contributed by atoms with Crippen LogP contribution in [0.5, 0.6) is 0 Å². The summed E-state index contributed by atoms with van der Waals surface area (Å²) in [6, 6.07) is 3.90. The summed E-state index contributed by atoms with van der Waals surface area (Å²) < 4.78 is 13.4. The molecule has 88 valence electrons. The van der Waals surface area contributed by atoms with Gasteiger partial charge in [-0.3, -0.25) is 4.79 Å². The molecule has 0 saturated carbocycles. The molecule has 2 aromatic rings. The molecule has 0 atom stereocenters. The molecule has 0 radical (unpaired) electrons. The Kier molecular flexibility index (Phi) is 3.14. The number of nitrogens with zero attached hydrogens (tertiary/aromatic N) is 4. The van der Waals surface area contributed by atoms with E-state index in [2.05, 4.69) is 15.4 Å². The molecule has 0 amide bonds. The van der Waals surface area contributed by atoms with Crippen molar-refractivity contribution in [3.8, 4) is 0 Å². The van der Waals surface area contributed by atoms with Crippen LogP contribution in [0.2, 0.25) is 5.02 Å². The van der Waals surface area contributed by atoms with Gasteiger partial charge in [0, 0.05) is 5.02 Å². The van der Waals surface area contributed by atoms with Gasteiger partial charge in [0.05, 0.1) is 19.0 Å². The Morgan fingerprint density at radius 2 is 2.29 bits per heavy atom. The maximum Gasteiger partial charge on any atom is 0.182 e. The SMILES string of the molecule is Cn1nnc(CC(=O)c2ccc(Cl)cc2F)n1. The van der Waals surface area contributed by atoms with E-state index in [0.717, 1.165) is 6.07 Å². The third-order valence-corrected chi connectivity index (χ3v) is 2.34. The van der Waals surface area contributed by atoms with Crippen molar-refractivity contribution < 1.29 is 9.18 Å². The summed E-state index contributed by atoms with van der Waals surface area (Å²) >= 11 is 5.60. The zero-order chi connectivity index (χ0) is 12.4. The van der Waals surface area contributed by atoms with Crippen LogP contribution in [-0.4, -0.2) is 26.0 Å². The molecular formula is C10H8ClFN4O. The topological polar surface area (TPSA) is 60.7 Å². The van der Waals surface area contributed by atoms with E-state index < -0.39 is 11.6 Å². The Balaban J connectivity index is 2.20. The number of hydrogen-bond donors (Lipinski definition) is 0. The van der Waals surface area contributed by atoms with Crippen molar-refractivity contribution in [1.29, 1.82) is 0 Å². The average molecular weight is 255 g/mol. The number of benzene rings is 1. The van der Waals surface area contributed by atoms with E-state index in [9.17, 15) is 9.18 Å². The van der Waals surface area contributed by atoms with Crippen molar-refractivity contribution in [2.45, 2.75) is 6.42 Å². The predicted octanol–water partition coefficient (Wildman–Crippen LogP) is 1.43. The number of carbonyl (C=O) groups is 1. The van der Waals surface area contributed by atoms with Gasteiger partial charge in [0.1, 0.15) is 5.82 Å². The van der Waals surface area contributed by atoms with Crippen LogP contribution in [0.4, 0.5) is 4.39 Å². The van der Waals surface area contributed by atoms with Crippen molar-refractivity contribution in [2.75, 3.05) is 0 Å². The highest BCUT2D eigenvalue weighted by Gasteiger charge is 2.15. The maximum atomic E-state index is 13.4. The fourth-order valence-electron chi connectivity index (χ4n) is 1.35. The van der Waals surface area contributed by atoms with Crippen LogP contribution >= 0.6 is 11.6 Å². The average Bonchev–Trinajstić information content (AvgIpc) is 2.63. The normalized spacial score (nSPS) is 10.5. The second kappa shape index (κ2) is 4.58. The number of halogens is 2. The van der Waals surface area contributed by atoms with Gasteiger partial charge in [-0.05, 0) is 23.4 Å². The summed E-state index contributed by atoms with van der Waals surface area (Å²) in [5.74, 6) is -0.801. The van der Waals surface area contributed by atoms with Crippen molar-refractivity contribution in [3.63, 3.8) is 0 Å². The number of aryl methyl sites for hydroxylation is 1. The lowest BCUT2D eigenvalue weighted by Crippen LogP contribution is -2.07. The molecule has 0 aliphatic rings. The van der Waals surface area contributed by atoms with Gasteiger partial charge in [-0.1, -0.05) is 11.6 Å². The van der Waals surface area contributed by atoms with E-state index in [4.69, 9.17) is 11.6 Å². The van der Waals surface area contributed by atoms with E-state index in [1.54, 1.807) is 7.05 Å². The molecule has 1 heterocycles. The Hall–Kier alpha value is -1.82. The molecule has 1 aromatic heterocycles. The minimum atomic E-state index is -0.647. The van der Waals surface area contributed by atoms with Crippen molar-refractivity contribution in [2.24, 2.45) is 7.05 Å². The molecule has 1 aromatic carbocycles. The Morgan fingerprint density at radius 1 is 1.53 bits per heavy atom. The van der Waals surface area contributed by atoms with Gasteiger partial charge in [0.2, 0.25) is 0 Å². The van der Waals surface area contributed by atoms with Crippen LogP contribution < -0.4 is 0 Å². The second-order valence-corrected chi connectivity index (χ2v) is 3.86. The van der Waals surface area contributed by atoms with Gasteiger partial charge in [-0.25, -0.2) is 4.39 Å². The number of Topliss-reactive ketones (excluding diaryl/α,β-unsaturated/α-hetero) is 1. The third-order valence-electron chi connectivity index (χ3n) is 2.10. The van der Waals surface area contributed by atoms with Gasteiger partial charge in [0.25, 0.3) is 0 Å². The Labute approximate surface area is 101 Å². The lowest BCUT2D eigenvalue weighted by molar-refractivity contribution is 0.0987. The first-order chi connectivity index (χ1) is 8.06. The lowest BCUT2D eigenvalue weighted by Gasteiger charge is -2.00. The summed E-state index contributed by atoms with van der Waals surface area (Å²) in [5, 5.41) is 11.3. The summed E-state index contributed by atoms with van der Waals surface area (Å²) in [4.78, 5) is 13.0. The summed E-state index contributed by atoms with van der Waals surface area (Å²) in [7, 11) is 1.59. The van der Waals surface area contributed by atoms with Crippen molar-refractivity contribution in [3.05, 3.63) is 40.4 Å². The smallest absolute Gasteiger partial charge is 0.182 e. The Bertz CT molecular complexity index is 569. The summed E-state index contributed by atoms with van der Waals surface area (Å²) in [6.07, 6.45) is -0.0909. The highest BCUT2D eigenvalue weighted by molar-refractivity contribution is 6.30. The number of ketones is 1. The van der Waals surface area contributed by atoms with E-state index >= 15 is 0 Å².